The van der Waals surface area contributed by atoms with E-state index in [0.29, 0.717) is 6.54 Å². The summed E-state index contributed by atoms with van der Waals surface area (Å²) in [7, 11) is 0. The lowest BCUT2D eigenvalue weighted by Crippen LogP contribution is -2.31. The quantitative estimate of drug-likeness (QED) is 0.873. The van der Waals surface area contributed by atoms with Crippen molar-refractivity contribution < 1.29 is 4.39 Å². The highest BCUT2D eigenvalue weighted by molar-refractivity contribution is 5.47. The minimum atomic E-state index is -0.204. The summed E-state index contributed by atoms with van der Waals surface area (Å²) in [6, 6.07) is 17.0. The van der Waals surface area contributed by atoms with Crippen molar-refractivity contribution >= 4 is 5.69 Å². The van der Waals surface area contributed by atoms with Crippen LogP contribution in [0.2, 0.25) is 0 Å². The first-order valence-corrected chi connectivity index (χ1v) is 7.00. The predicted molar refractivity (Wildman–Crippen MR) is 82.5 cm³/mol. The summed E-state index contributed by atoms with van der Waals surface area (Å²) < 4.78 is 13.4. The van der Waals surface area contributed by atoms with Crippen LogP contribution in [0.4, 0.5) is 10.1 Å². The van der Waals surface area contributed by atoms with Gasteiger partial charge in [-0.3, -0.25) is 0 Å². The SMILES string of the molecule is CCN(CC(CN)c1ccccc1)c1cccc(F)c1. The molecule has 0 fully saturated rings. The molecule has 0 aliphatic rings. The van der Waals surface area contributed by atoms with Crippen molar-refractivity contribution in [2.75, 3.05) is 24.5 Å². The van der Waals surface area contributed by atoms with Gasteiger partial charge in [0.05, 0.1) is 0 Å². The van der Waals surface area contributed by atoms with Crippen LogP contribution in [0.3, 0.4) is 0 Å². The highest BCUT2D eigenvalue weighted by Gasteiger charge is 2.14. The minimum absolute atomic E-state index is 0.204. The van der Waals surface area contributed by atoms with E-state index in [2.05, 4.69) is 24.0 Å². The second-order valence-corrected chi connectivity index (χ2v) is 4.86. The van der Waals surface area contributed by atoms with Crippen LogP contribution in [0.15, 0.2) is 54.6 Å². The van der Waals surface area contributed by atoms with Crippen LogP contribution < -0.4 is 10.6 Å². The Morgan fingerprint density at radius 3 is 2.45 bits per heavy atom. The number of benzene rings is 2. The smallest absolute Gasteiger partial charge is 0.125 e. The molecule has 2 aromatic rings. The monoisotopic (exact) mass is 272 g/mol. The van der Waals surface area contributed by atoms with Gasteiger partial charge < -0.3 is 10.6 Å². The van der Waals surface area contributed by atoms with Crippen LogP contribution in [0, 0.1) is 5.82 Å². The van der Waals surface area contributed by atoms with E-state index in [4.69, 9.17) is 5.73 Å². The Balaban J connectivity index is 2.16. The molecule has 0 aliphatic heterocycles. The fourth-order valence-corrected chi connectivity index (χ4v) is 2.40. The number of rotatable bonds is 6. The normalized spacial score (nSPS) is 12.2. The third-order valence-electron chi connectivity index (χ3n) is 3.55. The van der Waals surface area contributed by atoms with Gasteiger partial charge in [-0.1, -0.05) is 36.4 Å². The molecule has 0 heterocycles. The molecule has 0 saturated heterocycles. The van der Waals surface area contributed by atoms with E-state index < -0.39 is 0 Å². The van der Waals surface area contributed by atoms with Crippen molar-refractivity contribution in [3.05, 3.63) is 66.0 Å². The topological polar surface area (TPSA) is 29.3 Å². The summed E-state index contributed by atoms with van der Waals surface area (Å²) in [5, 5.41) is 0. The van der Waals surface area contributed by atoms with Gasteiger partial charge in [0.15, 0.2) is 0 Å². The maximum absolute atomic E-state index is 13.4. The third kappa shape index (κ3) is 3.58. The summed E-state index contributed by atoms with van der Waals surface area (Å²) in [6.07, 6.45) is 0. The molecule has 1 atom stereocenters. The molecule has 0 saturated carbocycles. The Morgan fingerprint density at radius 2 is 1.85 bits per heavy atom. The molecule has 106 valence electrons. The zero-order valence-electron chi connectivity index (χ0n) is 11.8. The number of halogens is 1. The summed E-state index contributed by atoms with van der Waals surface area (Å²) >= 11 is 0. The molecule has 0 amide bonds. The van der Waals surface area contributed by atoms with E-state index in [1.54, 1.807) is 12.1 Å². The number of nitrogens with zero attached hydrogens (tertiary/aromatic N) is 1. The summed E-state index contributed by atoms with van der Waals surface area (Å²) in [5.74, 6) is 0.0457. The van der Waals surface area contributed by atoms with E-state index in [1.807, 2.05) is 24.3 Å². The molecule has 2 N–H and O–H groups in total. The van der Waals surface area contributed by atoms with Crippen molar-refractivity contribution in [2.24, 2.45) is 5.73 Å². The van der Waals surface area contributed by atoms with Crippen LogP contribution in [-0.2, 0) is 0 Å². The Morgan fingerprint density at radius 1 is 1.10 bits per heavy atom. The van der Waals surface area contributed by atoms with Gasteiger partial charge in [0, 0.05) is 31.2 Å². The van der Waals surface area contributed by atoms with Crippen LogP contribution in [0.1, 0.15) is 18.4 Å². The maximum atomic E-state index is 13.4. The average Bonchev–Trinajstić information content (AvgIpc) is 2.49. The first-order chi connectivity index (χ1) is 9.74. The largest absolute Gasteiger partial charge is 0.371 e. The van der Waals surface area contributed by atoms with Crippen molar-refractivity contribution in [3.8, 4) is 0 Å². The van der Waals surface area contributed by atoms with Gasteiger partial charge in [0.2, 0.25) is 0 Å². The second-order valence-electron chi connectivity index (χ2n) is 4.86. The van der Waals surface area contributed by atoms with Gasteiger partial charge in [-0.2, -0.15) is 0 Å². The van der Waals surface area contributed by atoms with Gasteiger partial charge in [0.25, 0.3) is 0 Å². The zero-order chi connectivity index (χ0) is 14.4. The first kappa shape index (κ1) is 14.5. The number of likely N-dealkylation sites (N-methyl/N-ethyl adjacent to an activating group) is 1. The van der Waals surface area contributed by atoms with Gasteiger partial charge in [-0.15, -0.1) is 0 Å². The van der Waals surface area contributed by atoms with Gasteiger partial charge in [0.1, 0.15) is 5.82 Å². The molecule has 2 rings (SSSR count). The molecule has 20 heavy (non-hydrogen) atoms. The number of hydrogen-bond acceptors (Lipinski definition) is 2. The maximum Gasteiger partial charge on any atom is 0.125 e. The lowest BCUT2D eigenvalue weighted by Gasteiger charge is -2.28. The van der Waals surface area contributed by atoms with E-state index >= 15 is 0 Å². The van der Waals surface area contributed by atoms with Crippen LogP contribution in [-0.4, -0.2) is 19.6 Å². The van der Waals surface area contributed by atoms with E-state index in [0.717, 1.165) is 18.8 Å². The number of nitrogens with two attached hydrogens (primary N) is 1. The highest BCUT2D eigenvalue weighted by Crippen LogP contribution is 2.21. The molecule has 0 aromatic heterocycles. The molecular weight excluding hydrogens is 251 g/mol. The molecular formula is C17H21FN2. The fourth-order valence-electron chi connectivity index (χ4n) is 2.40. The Bertz CT molecular complexity index is 528. The highest BCUT2D eigenvalue weighted by atomic mass is 19.1. The first-order valence-electron chi connectivity index (χ1n) is 7.00. The van der Waals surface area contributed by atoms with E-state index in [1.165, 1.54) is 11.6 Å². The fraction of sp³-hybridized carbons (Fsp3) is 0.294. The van der Waals surface area contributed by atoms with E-state index in [9.17, 15) is 4.39 Å². The number of hydrogen-bond donors (Lipinski definition) is 1. The Labute approximate surface area is 120 Å². The summed E-state index contributed by atoms with van der Waals surface area (Å²) in [4.78, 5) is 2.16. The second kappa shape index (κ2) is 7.06. The standard InChI is InChI=1S/C17H21FN2/c1-2-20(17-10-6-9-16(18)11-17)13-15(12-19)14-7-4-3-5-8-14/h3-11,15H,2,12-13,19H2,1H3. The van der Waals surface area contributed by atoms with Crippen molar-refractivity contribution in [2.45, 2.75) is 12.8 Å². The van der Waals surface area contributed by atoms with E-state index in [-0.39, 0.29) is 11.7 Å². The third-order valence-corrected chi connectivity index (χ3v) is 3.55. The molecule has 1 unspecified atom stereocenters. The summed E-state index contributed by atoms with van der Waals surface area (Å²) in [6.45, 7) is 4.27. The molecule has 0 radical (unpaired) electrons. The Hall–Kier alpha value is -1.87. The Kier molecular flexibility index (Phi) is 5.13. The molecule has 0 bridgehead atoms. The molecule has 3 heteroatoms. The van der Waals surface area contributed by atoms with Gasteiger partial charge >= 0.3 is 0 Å². The van der Waals surface area contributed by atoms with Crippen LogP contribution in [0.25, 0.3) is 0 Å². The van der Waals surface area contributed by atoms with Crippen LogP contribution >= 0.6 is 0 Å². The molecule has 2 nitrogen and oxygen atoms in total. The lowest BCUT2D eigenvalue weighted by atomic mass is 9.98. The van der Waals surface area contributed by atoms with Crippen molar-refractivity contribution in [1.82, 2.24) is 0 Å². The molecule has 2 aromatic carbocycles. The minimum Gasteiger partial charge on any atom is -0.371 e. The molecule has 0 aliphatic carbocycles. The predicted octanol–water partition coefficient (Wildman–Crippen LogP) is 3.39. The summed E-state index contributed by atoms with van der Waals surface area (Å²) in [5.41, 5.74) is 8.05. The zero-order valence-corrected chi connectivity index (χ0v) is 11.8. The average molecular weight is 272 g/mol. The van der Waals surface area contributed by atoms with Crippen molar-refractivity contribution in [1.29, 1.82) is 0 Å². The van der Waals surface area contributed by atoms with Gasteiger partial charge in [-0.25, -0.2) is 4.39 Å². The lowest BCUT2D eigenvalue weighted by molar-refractivity contribution is 0.622. The van der Waals surface area contributed by atoms with Gasteiger partial charge in [-0.05, 0) is 30.7 Å². The number of anilines is 1. The van der Waals surface area contributed by atoms with Crippen LogP contribution in [0.5, 0.6) is 0 Å². The molecule has 0 spiro atoms. The van der Waals surface area contributed by atoms with Crippen molar-refractivity contribution in [3.63, 3.8) is 0 Å².